The molecule has 1 heterocycles. The van der Waals surface area contributed by atoms with Gasteiger partial charge < -0.3 is 10.6 Å². The standard InChI is InChI=1S/C22H18ClFN4O4S/c23-18-9-6-15(12-20(18)27-21(29)14-4-2-1-3-5-14)26-22(30)17-8-7-16(13-19(17)24)28-11-10-25-33(28,31)32/h1-9,12-13,25H,10-11H2,(H,26,30)(H,27,29). The molecule has 0 spiro atoms. The fourth-order valence-corrected chi connectivity index (χ4v) is 4.66. The summed E-state index contributed by atoms with van der Waals surface area (Å²) in [6.07, 6.45) is 0. The Morgan fingerprint density at radius 1 is 0.970 bits per heavy atom. The van der Waals surface area contributed by atoms with Gasteiger partial charge in [-0.25, -0.2) is 4.39 Å². The zero-order valence-corrected chi connectivity index (χ0v) is 18.6. The first-order valence-electron chi connectivity index (χ1n) is 9.79. The molecule has 33 heavy (non-hydrogen) atoms. The van der Waals surface area contributed by atoms with Crippen LogP contribution >= 0.6 is 11.6 Å². The lowest BCUT2D eigenvalue weighted by molar-refractivity contribution is 0.101. The number of anilines is 3. The molecular weight excluding hydrogens is 471 g/mol. The van der Waals surface area contributed by atoms with Crippen LogP contribution in [-0.4, -0.2) is 33.3 Å². The second kappa shape index (κ2) is 9.18. The van der Waals surface area contributed by atoms with Crippen molar-refractivity contribution in [1.29, 1.82) is 0 Å². The summed E-state index contributed by atoms with van der Waals surface area (Å²) < 4.78 is 41.8. The molecule has 0 radical (unpaired) electrons. The predicted octanol–water partition coefficient (Wildman–Crippen LogP) is 3.64. The first-order valence-corrected chi connectivity index (χ1v) is 11.6. The third-order valence-corrected chi connectivity index (χ3v) is 6.76. The van der Waals surface area contributed by atoms with E-state index in [2.05, 4.69) is 15.4 Å². The van der Waals surface area contributed by atoms with Gasteiger partial charge in [-0.05, 0) is 48.5 Å². The van der Waals surface area contributed by atoms with Crippen LogP contribution in [0, 0.1) is 5.82 Å². The first-order chi connectivity index (χ1) is 15.7. The quantitative estimate of drug-likeness (QED) is 0.509. The maximum absolute atomic E-state index is 14.6. The van der Waals surface area contributed by atoms with Crippen LogP contribution in [-0.2, 0) is 10.2 Å². The van der Waals surface area contributed by atoms with Gasteiger partial charge in [0.2, 0.25) is 0 Å². The summed E-state index contributed by atoms with van der Waals surface area (Å²) in [5.74, 6) is -2.00. The molecule has 0 atom stereocenters. The van der Waals surface area contributed by atoms with Gasteiger partial charge in [0.1, 0.15) is 5.82 Å². The van der Waals surface area contributed by atoms with Gasteiger partial charge >= 0.3 is 10.2 Å². The lowest BCUT2D eigenvalue weighted by Crippen LogP contribution is -2.29. The SMILES string of the molecule is O=C(Nc1cc(NC(=O)c2ccc(N3CCNS3(=O)=O)cc2F)ccc1Cl)c1ccccc1. The molecule has 2 amide bonds. The van der Waals surface area contributed by atoms with Gasteiger partial charge in [0.15, 0.2) is 0 Å². The fourth-order valence-electron chi connectivity index (χ4n) is 3.27. The molecule has 1 aliphatic rings. The Bertz CT molecular complexity index is 1340. The summed E-state index contributed by atoms with van der Waals surface area (Å²) in [5, 5.41) is 5.48. The van der Waals surface area contributed by atoms with Crippen LogP contribution in [0.1, 0.15) is 20.7 Å². The summed E-state index contributed by atoms with van der Waals surface area (Å²) in [4.78, 5) is 25.0. The van der Waals surface area contributed by atoms with Crippen LogP contribution in [0.3, 0.4) is 0 Å². The lowest BCUT2D eigenvalue weighted by atomic mass is 10.1. The van der Waals surface area contributed by atoms with E-state index in [1.807, 2.05) is 0 Å². The summed E-state index contributed by atoms with van der Waals surface area (Å²) in [5.41, 5.74) is 0.827. The van der Waals surface area contributed by atoms with E-state index in [4.69, 9.17) is 11.6 Å². The smallest absolute Gasteiger partial charge is 0.301 e. The van der Waals surface area contributed by atoms with Crippen LogP contribution in [0.5, 0.6) is 0 Å². The Balaban J connectivity index is 1.50. The summed E-state index contributed by atoms with van der Waals surface area (Å²) in [6, 6.07) is 16.5. The zero-order chi connectivity index (χ0) is 23.6. The number of hydrogen-bond donors (Lipinski definition) is 3. The van der Waals surface area contributed by atoms with Crippen LogP contribution in [0.25, 0.3) is 0 Å². The summed E-state index contributed by atoms with van der Waals surface area (Å²) in [7, 11) is -3.71. The maximum atomic E-state index is 14.6. The minimum Gasteiger partial charge on any atom is -0.322 e. The molecule has 11 heteroatoms. The van der Waals surface area contributed by atoms with E-state index in [1.54, 1.807) is 30.3 Å². The first kappa shape index (κ1) is 22.7. The molecule has 1 saturated heterocycles. The van der Waals surface area contributed by atoms with Crippen molar-refractivity contribution in [3.63, 3.8) is 0 Å². The van der Waals surface area contributed by atoms with Crippen molar-refractivity contribution in [2.45, 2.75) is 0 Å². The molecule has 0 aromatic heterocycles. The number of halogens is 2. The lowest BCUT2D eigenvalue weighted by Gasteiger charge is -2.16. The topological polar surface area (TPSA) is 108 Å². The second-order valence-electron chi connectivity index (χ2n) is 7.10. The molecule has 3 aromatic rings. The number of carbonyl (C=O) groups excluding carboxylic acids is 2. The molecular formula is C22H18ClFN4O4S. The monoisotopic (exact) mass is 488 g/mol. The largest absolute Gasteiger partial charge is 0.322 e. The van der Waals surface area contributed by atoms with E-state index >= 15 is 0 Å². The highest BCUT2D eigenvalue weighted by Gasteiger charge is 2.28. The molecule has 0 aliphatic carbocycles. The molecule has 3 aromatic carbocycles. The van der Waals surface area contributed by atoms with Crippen LogP contribution in [0.2, 0.25) is 5.02 Å². The fraction of sp³-hybridized carbons (Fsp3) is 0.0909. The number of carbonyl (C=O) groups is 2. The Labute approximate surface area is 194 Å². The van der Waals surface area contributed by atoms with Crippen molar-refractivity contribution >= 4 is 50.7 Å². The van der Waals surface area contributed by atoms with Crippen molar-refractivity contribution in [2.75, 3.05) is 28.0 Å². The average Bonchev–Trinajstić information content (AvgIpc) is 3.15. The van der Waals surface area contributed by atoms with Crippen LogP contribution in [0.4, 0.5) is 21.5 Å². The molecule has 0 unspecified atom stereocenters. The minimum atomic E-state index is -3.71. The Morgan fingerprint density at radius 2 is 1.73 bits per heavy atom. The summed E-state index contributed by atoms with van der Waals surface area (Å²) >= 11 is 6.16. The third-order valence-electron chi connectivity index (χ3n) is 4.88. The van der Waals surface area contributed by atoms with Crippen LogP contribution < -0.4 is 19.7 Å². The van der Waals surface area contributed by atoms with E-state index < -0.39 is 21.9 Å². The van der Waals surface area contributed by atoms with Gasteiger partial charge in [0.25, 0.3) is 11.8 Å². The summed E-state index contributed by atoms with van der Waals surface area (Å²) in [6.45, 7) is 0.376. The Morgan fingerprint density at radius 3 is 2.39 bits per heavy atom. The van der Waals surface area contributed by atoms with Crippen molar-refractivity contribution in [3.8, 4) is 0 Å². The molecule has 8 nitrogen and oxygen atoms in total. The Hall–Kier alpha value is -3.47. The normalized spacial score (nSPS) is 14.7. The molecule has 0 saturated carbocycles. The number of nitrogens with zero attached hydrogens (tertiary/aromatic N) is 1. The average molecular weight is 489 g/mol. The van der Waals surface area contributed by atoms with Gasteiger partial charge in [0, 0.05) is 24.3 Å². The van der Waals surface area contributed by atoms with Crippen molar-refractivity contribution in [3.05, 3.63) is 88.7 Å². The van der Waals surface area contributed by atoms with Gasteiger partial charge in [-0.15, -0.1) is 0 Å². The van der Waals surface area contributed by atoms with Gasteiger partial charge in [-0.2, -0.15) is 13.1 Å². The second-order valence-corrected chi connectivity index (χ2v) is 9.19. The van der Waals surface area contributed by atoms with Gasteiger partial charge in [-0.3, -0.25) is 13.9 Å². The maximum Gasteiger partial charge on any atom is 0.301 e. The number of hydrogen-bond acceptors (Lipinski definition) is 4. The molecule has 0 bridgehead atoms. The van der Waals surface area contributed by atoms with E-state index in [1.165, 1.54) is 30.3 Å². The highest BCUT2D eigenvalue weighted by molar-refractivity contribution is 7.91. The molecule has 1 aliphatic heterocycles. The minimum absolute atomic E-state index is 0.117. The van der Waals surface area contributed by atoms with E-state index in [9.17, 15) is 22.4 Å². The number of nitrogens with one attached hydrogen (secondary N) is 3. The van der Waals surface area contributed by atoms with E-state index in [-0.39, 0.29) is 46.6 Å². The predicted molar refractivity (Wildman–Crippen MR) is 124 cm³/mol. The van der Waals surface area contributed by atoms with Crippen molar-refractivity contribution in [2.24, 2.45) is 0 Å². The van der Waals surface area contributed by atoms with E-state index in [0.717, 1.165) is 10.4 Å². The van der Waals surface area contributed by atoms with Gasteiger partial charge in [0.05, 0.1) is 22.0 Å². The number of benzene rings is 3. The zero-order valence-electron chi connectivity index (χ0n) is 17.0. The third kappa shape index (κ3) is 4.98. The van der Waals surface area contributed by atoms with E-state index in [0.29, 0.717) is 5.56 Å². The number of amides is 2. The molecule has 170 valence electrons. The highest BCUT2D eigenvalue weighted by atomic mass is 35.5. The number of rotatable bonds is 5. The Kier molecular flexibility index (Phi) is 6.32. The molecule has 1 fully saturated rings. The molecule has 3 N–H and O–H groups in total. The van der Waals surface area contributed by atoms with Crippen molar-refractivity contribution in [1.82, 2.24) is 4.72 Å². The van der Waals surface area contributed by atoms with Crippen LogP contribution in [0.15, 0.2) is 66.7 Å². The highest BCUT2D eigenvalue weighted by Crippen LogP contribution is 2.27. The van der Waals surface area contributed by atoms with Crippen molar-refractivity contribution < 1.29 is 22.4 Å². The van der Waals surface area contributed by atoms with Gasteiger partial charge in [-0.1, -0.05) is 29.8 Å². The molecule has 4 rings (SSSR count).